The van der Waals surface area contributed by atoms with Gasteiger partial charge in [-0.25, -0.2) is 24.1 Å². The van der Waals surface area contributed by atoms with Crippen LogP contribution < -0.4 is 15.9 Å². The monoisotopic (exact) mass is 517 g/mol. The number of fused-ring (bicyclic) bond motifs is 1. The van der Waals surface area contributed by atoms with E-state index in [1.54, 1.807) is 21.5 Å². The lowest BCUT2D eigenvalue weighted by molar-refractivity contribution is -0.137. The summed E-state index contributed by atoms with van der Waals surface area (Å²) in [4.78, 5) is 41.0. The molecule has 1 aromatic carbocycles. The van der Waals surface area contributed by atoms with Gasteiger partial charge in [-0.3, -0.25) is 4.57 Å². The van der Waals surface area contributed by atoms with E-state index in [4.69, 9.17) is 0 Å². The van der Waals surface area contributed by atoms with Gasteiger partial charge in [0.2, 0.25) is 5.95 Å². The molecular formula is C28H35N7O3. The maximum absolute atomic E-state index is 13.2. The summed E-state index contributed by atoms with van der Waals surface area (Å²) in [5.41, 5.74) is 3.55. The molecule has 0 spiro atoms. The largest absolute Gasteiger partial charge is 0.480 e. The third kappa shape index (κ3) is 5.25. The van der Waals surface area contributed by atoms with Crippen molar-refractivity contribution in [2.75, 3.05) is 23.3 Å². The molecule has 0 aliphatic carbocycles. The van der Waals surface area contributed by atoms with Gasteiger partial charge in [0.05, 0.1) is 11.2 Å². The molecule has 10 nitrogen and oxygen atoms in total. The van der Waals surface area contributed by atoms with E-state index >= 15 is 0 Å². The number of carbonyl (C=O) groups is 1. The van der Waals surface area contributed by atoms with Crippen molar-refractivity contribution >= 4 is 28.9 Å². The fraction of sp³-hybridized carbons (Fsp3) is 0.393. The molecule has 4 aromatic rings. The zero-order chi connectivity index (χ0) is 27.4. The topological polar surface area (TPSA) is 118 Å². The number of anilines is 2. The molecule has 3 aromatic heterocycles. The van der Waals surface area contributed by atoms with Crippen molar-refractivity contribution in [3.63, 3.8) is 0 Å². The molecule has 38 heavy (non-hydrogen) atoms. The molecule has 3 heterocycles. The van der Waals surface area contributed by atoms with Crippen molar-refractivity contribution in [2.24, 2.45) is 0 Å². The molecule has 0 saturated heterocycles. The van der Waals surface area contributed by atoms with Gasteiger partial charge < -0.3 is 15.3 Å². The van der Waals surface area contributed by atoms with Gasteiger partial charge in [-0.15, -0.1) is 0 Å². The number of rotatable bonds is 11. The van der Waals surface area contributed by atoms with Gasteiger partial charge >= 0.3 is 11.7 Å². The van der Waals surface area contributed by atoms with E-state index in [1.165, 1.54) is 0 Å². The molecule has 0 aliphatic heterocycles. The Morgan fingerprint density at radius 3 is 2.39 bits per heavy atom. The number of imidazole rings is 1. The number of aliphatic carboxylic acids is 1. The number of nitrogens with zero attached hydrogens (tertiary/aromatic N) is 6. The van der Waals surface area contributed by atoms with Gasteiger partial charge in [0.1, 0.15) is 11.9 Å². The molecule has 10 heteroatoms. The van der Waals surface area contributed by atoms with Crippen LogP contribution in [0.25, 0.3) is 16.9 Å². The number of carboxylic acids is 1. The fourth-order valence-electron chi connectivity index (χ4n) is 4.60. The molecule has 0 bridgehead atoms. The number of benzene rings is 1. The van der Waals surface area contributed by atoms with E-state index in [1.807, 2.05) is 75.9 Å². The summed E-state index contributed by atoms with van der Waals surface area (Å²) in [6.07, 6.45) is 4.35. The van der Waals surface area contributed by atoms with E-state index in [2.05, 4.69) is 20.3 Å². The first-order valence-corrected chi connectivity index (χ1v) is 13.1. The first kappa shape index (κ1) is 26.8. The predicted molar refractivity (Wildman–Crippen MR) is 149 cm³/mol. The first-order chi connectivity index (χ1) is 18.3. The Hall–Kier alpha value is -4.21. The SMILES string of the molecule is CCc1cnc(N(CC)CC)nc1N[C@@H](Cc1ccc(-n2c(=O)n(C(C)C)c3cccnc32)cc1)C(=O)O. The molecular weight excluding hydrogens is 482 g/mol. The highest BCUT2D eigenvalue weighted by Gasteiger charge is 2.22. The highest BCUT2D eigenvalue weighted by molar-refractivity contribution is 5.78. The Morgan fingerprint density at radius 2 is 1.79 bits per heavy atom. The van der Waals surface area contributed by atoms with Crippen molar-refractivity contribution in [3.8, 4) is 5.69 Å². The van der Waals surface area contributed by atoms with Crippen LogP contribution in [0.15, 0.2) is 53.6 Å². The third-order valence-corrected chi connectivity index (χ3v) is 6.67. The third-order valence-electron chi connectivity index (χ3n) is 6.67. The number of carboxylic acid groups (broad SMARTS) is 1. The van der Waals surface area contributed by atoms with Crippen LogP contribution >= 0.6 is 0 Å². The smallest absolute Gasteiger partial charge is 0.335 e. The molecule has 0 aliphatic rings. The fourth-order valence-corrected chi connectivity index (χ4v) is 4.60. The van der Waals surface area contributed by atoms with Crippen molar-refractivity contribution in [2.45, 2.75) is 59.5 Å². The second-order valence-corrected chi connectivity index (χ2v) is 9.40. The van der Waals surface area contributed by atoms with E-state index < -0.39 is 12.0 Å². The Balaban J connectivity index is 1.62. The standard InChI is InChI=1S/C28H35N7O3/c1-6-20-17-30-27(33(7-2)8-3)32-24(20)31-22(26(36)37)16-19-11-13-21(14-12-19)35-25-23(10-9-15-29-25)34(18(4)5)28(35)38/h9-15,17-18,22H,6-8,16H2,1-5H3,(H,36,37)(H,30,31,32)/t22-/m0/s1. The molecule has 0 radical (unpaired) electrons. The number of aromatic nitrogens is 5. The number of hydrogen-bond donors (Lipinski definition) is 2. The highest BCUT2D eigenvalue weighted by Crippen LogP contribution is 2.21. The van der Waals surface area contributed by atoms with Gasteiger partial charge in [0.25, 0.3) is 0 Å². The van der Waals surface area contributed by atoms with Crippen LogP contribution in [0.3, 0.4) is 0 Å². The predicted octanol–water partition coefficient (Wildman–Crippen LogP) is 4.07. The molecule has 4 rings (SSSR count). The lowest BCUT2D eigenvalue weighted by atomic mass is 10.0. The molecule has 2 N–H and O–H groups in total. The Bertz CT molecular complexity index is 1470. The minimum absolute atomic E-state index is 0.0193. The van der Waals surface area contributed by atoms with Gasteiger partial charge in [-0.05, 0) is 63.9 Å². The van der Waals surface area contributed by atoms with E-state index in [9.17, 15) is 14.7 Å². The minimum atomic E-state index is -0.973. The summed E-state index contributed by atoms with van der Waals surface area (Å²) in [5, 5.41) is 13.1. The number of nitrogens with one attached hydrogen (secondary N) is 1. The zero-order valence-corrected chi connectivity index (χ0v) is 22.5. The molecule has 0 amide bonds. The maximum Gasteiger partial charge on any atom is 0.335 e. The second-order valence-electron chi connectivity index (χ2n) is 9.40. The molecule has 1 atom stereocenters. The highest BCUT2D eigenvalue weighted by atomic mass is 16.4. The minimum Gasteiger partial charge on any atom is -0.480 e. The Kier molecular flexibility index (Phi) is 8.09. The molecule has 0 unspecified atom stereocenters. The Labute approximate surface area is 222 Å². The van der Waals surface area contributed by atoms with Crippen LogP contribution in [-0.2, 0) is 17.6 Å². The van der Waals surface area contributed by atoms with Gasteiger partial charge in [0, 0.05) is 43.5 Å². The van der Waals surface area contributed by atoms with Crippen LogP contribution in [0.4, 0.5) is 11.8 Å². The first-order valence-electron chi connectivity index (χ1n) is 13.1. The zero-order valence-electron chi connectivity index (χ0n) is 22.5. The summed E-state index contributed by atoms with van der Waals surface area (Å²) in [7, 11) is 0. The van der Waals surface area contributed by atoms with Gasteiger partial charge in [-0.2, -0.15) is 4.98 Å². The van der Waals surface area contributed by atoms with Crippen LogP contribution in [0.1, 0.15) is 51.8 Å². The van der Waals surface area contributed by atoms with E-state index in [-0.39, 0.29) is 18.2 Å². The van der Waals surface area contributed by atoms with Crippen LogP contribution in [0.5, 0.6) is 0 Å². The van der Waals surface area contributed by atoms with Crippen LogP contribution in [0.2, 0.25) is 0 Å². The van der Waals surface area contributed by atoms with Crippen LogP contribution in [-0.4, -0.2) is 54.3 Å². The van der Waals surface area contributed by atoms with Crippen molar-refractivity contribution in [1.29, 1.82) is 0 Å². The molecule has 0 fully saturated rings. The van der Waals surface area contributed by atoms with Gasteiger partial charge in [-0.1, -0.05) is 19.1 Å². The second kappa shape index (κ2) is 11.5. The summed E-state index contributed by atoms with van der Waals surface area (Å²) in [5.74, 6) is 0.134. The van der Waals surface area contributed by atoms with Crippen LogP contribution in [0, 0.1) is 0 Å². The lowest BCUT2D eigenvalue weighted by Crippen LogP contribution is -2.33. The summed E-state index contributed by atoms with van der Waals surface area (Å²) in [6, 6.07) is 10.2. The average molecular weight is 518 g/mol. The lowest BCUT2D eigenvalue weighted by Gasteiger charge is -2.22. The Morgan fingerprint density at radius 1 is 1.08 bits per heavy atom. The van der Waals surface area contributed by atoms with Crippen molar-refractivity contribution < 1.29 is 9.90 Å². The quantitative estimate of drug-likeness (QED) is 0.306. The number of hydrogen-bond acceptors (Lipinski definition) is 7. The summed E-state index contributed by atoms with van der Waals surface area (Å²) >= 11 is 0. The molecule has 200 valence electrons. The van der Waals surface area contributed by atoms with Crippen molar-refractivity contribution in [1.82, 2.24) is 24.1 Å². The number of pyridine rings is 1. The summed E-state index contributed by atoms with van der Waals surface area (Å²) < 4.78 is 3.31. The maximum atomic E-state index is 13.2. The normalized spacial score (nSPS) is 12.2. The summed E-state index contributed by atoms with van der Waals surface area (Å²) in [6.45, 7) is 11.5. The number of aryl methyl sites for hydroxylation is 1. The van der Waals surface area contributed by atoms with Gasteiger partial charge in [0.15, 0.2) is 5.65 Å². The average Bonchev–Trinajstić information content (AvgIpc) is 3.21. The van der Waals surface area contributed by atoms with E-state index in [0.29, 0.717) is 29.5 Å². The van der Waals surface area contributed by atoms with E-state index in [0.717, 1.165) is 29.7 Å². The molecule has 0 saturated carbocycles. The van der Waals surface area contributed by atoms with Crippen molar-refractivity contribution in [3.05, 3.63) is 70.4 Å².